The predicted octanol–water partition coefficient (Wildman–Crippen LogP) is 4.91. The molecular formula is C21H37NO2. The first-order chi connectivity index (χ1) is 11.3. The standard InChI is InChI=1S/C17H27NO2.C4H10/c1-5-16(13(2)3)7-6-14(4)17(19)18-12-15-8-10-20-11-9-15;1-4(2)3/h5-7,13,15H,1,8-12H2,2-4H3,(H,18,19);4H,1-3H3/b14-6+,16-7+;. The monoisotopic (exact) mass is 335 g/mol. The van der Waals surface area contributed by atoms with Crippen molar-refractivity contribution in [1.29, 1.82) is 0 Å². The van der Waals surface area contributed by atoms with Crippen LogP contribution in [0.3, 0.4) is 0 Å². The molecule has 138 valence electrons. The van der Waals surface area contributed by atoms with Crippen molar-refractivity contribution in [3.8, 4) is 0 Å². The lowest BCUT2D eigenvalue weighted by Gasteiger charge is -2.22. The molecular weight excluding hydrogens is 298 g/mol. The average Bonchev–Trinajstić information content (AvgIpc) is 2.53. The smallest absolute Gasteiger partial charge is 0.246 e. The summed E-state index contributed by atoms with van der Waals surface area (Å²) < 4.78 is 5.31. The molecule has 1 saturated heterocycles. The van der Waals surface area contributed by atoms with Gasteiger partial charge in [-0.15, -0.1) is 0 Å². The van der Waals surface area contributed by atoms with Crippen LogP contribution >= 0.6 is 0 Å². The van der Waals surface area contributed by atoms with Crippen LogP contribution in [0.1, 0.15) is 54.4 Å². The van der Waals surface area contributed by atoms with Crippen molar-refractivity contribution in [2.75, 3.05) is 19.8 Å². The molecule has 1 aliphatic rings. The third-order valence-corrected chi connectivity index (χ3v) is 3.68. The van der Waals surface area contributed by atoms with Gasteiger partial charge in [0.1, 0.15) is 0 Å². The van der Waals surface area contributed by atoms with Gasteiger partial charge >= 0.3 is 0 Å². The van der Waals surface area contributed by atoms with E-state index in [1.54, 1.807) is 0 Å². The van der Waals surface area contributed by atoms with Crippen molar-refractivity contribution in [2.24, 2.45) is 17.8 Å². The van der Waals surface area contributed by atoms with E-state index in [0.29, 0.717) is 11.8 Å². The molecule has 3 nitrogen and oxygen atoms in total. The quantitative estimate of drug-likeness (QED) is 0.553. The highest BCUT2D eigenvalue weighted by Crippen LogP contribution is 2.14. The zero-order valence-corrected chi connectivity index (χ0v) is 16.5. The van der Waals surface area contributed by atoms with Crippen LogP contribution in [-0.4, -0.2) is 25.7 Å². The van der Waals surface area contributed by atoms with Crippen molar-refractivity contribution in [2.45, 2.75) is 54.4 Å². The maximum atomic E-state index is 12.0. The molecule has 1 N–H and O–H groups in total. The van der Waals surface area contributed by atoms with E-state index in [1.807, 2.05) is 25.2 Å². The summed E-state index contributed by atoms with van der Waals surface area (Å²) in [5.41, 5.74) is 1.87. The predicted molar refractivity (Wildman–Crippen MR) is 104 cm³/mol. The summed E-state index contributed by atoms with van der Waals surface area (Å²) in [4.78, 5) is 12.0. The molecule has 24 heavy (non-hydrogen) atoms. The van der Waals surface area contributed by atoms with Crippen LogP contribution in [0.5, 0.6) is 0 Å². The van der Waals surface area contributed by atoms with Crippen molar-refractivity contribution in [1.82, 2.24) is 5.32 Å². The topological polar surface area (TPSA) is 38.3 Å². The molecule has 0 aliphatic carbocycles. The van der Waals surface area contributed by atoms with Crippen LogP contribution in [0.2, 0.25) is 0 Å². The first kappa shape index (κ1) is 22.6. The van der Waals surface area contributed by atoms with Crippen molar-refractivity contribution >= 4 is 5.91 Å². The summed E-state index contributed by atoms with van der Waals surface area (Å²) in [5, 5.41) is 3.01. The molecule has 1 rings (SSSR count). The van der Waals surface area contributed by atoms with E-state index >= 15 is 0 Å². The van der Waals surface area contributed by atoms with Crippen LogP contribution in [0.15, 0.2) is 36.0 Å². The first-order valence-electron chi connectivity index (χ1n) is 9.14. The molecule has 0 unspecified atom stereocenters. The van der Waals surface area contributed by atoms with Gasteiger partial charge in [0.15, 0.2) is 0 Å². The lowest BCUT2D eigenvalue weighted by atomic mass is 10.0. The second-order valence-electron chi connectivity index (χ2n) is 7.37. The summed E-state index contributed by atoms with van der Waals surface area (Å²) in [7, 11) is 0. The Morgan fingerprint density at radius 2 is 1.71 bits per heavy atom. The van der Waals surface area contributed by atoms with Gasteiger partial charge in [0, 0.05) is 25.3 Å². The summed E-state index contributed by atoms with van der Waals surface area (Å²) in [6.07, 6.45) is 7.76. The van der Waals surface area contributed by atoms with E-state index in [4.69, 9.17) is 4.74 Å². The molecule has 0 atom stereocenters. The van der Waals surface area contributed by atoms with Gasteiger partial charge in [-0.3, -0.25) is 4.79 Å². The minimum absolute atomic E-state index is 0.0138. The molecule has 1 amide bonds. The first-order valence-corrected chi connectivity index (χ1v) is 9.14. The van der Waals surface area contributed by atoms with Gasteiger partial charge in [0.2, 0.25) is 5.91 Å². The van der Waals surface area contributed by atoms with E-state index in [1.165, 1.54) is 0 Å². The molecule has 0 radical (unpaired) electrons. The van der Waals surface area contributed by atoms with Crippen LogP contribution in [0.4, 0.5) is 0 Å². The highest BCUT2D eigenvalue weighted by Gasteiger charge is 2.14. The Labute approximate surface area is 149 Å². The Hall–Kier alpha value is -1.35. The number of ether oxygens (including phenoxy) is 1. The fourth-order valence-corrected chi connectivity index (χ4v) is 2.12. The average molecular weight is 336 g/mol. The molecule has 0 saturated carbocycles. The Kier molecular flexibility index (Phi) is 12.3. The van der Waals surface area contributed by atoms with Crippen LogP contribution in [-0.2, 0) is 9.53 Å². The van der Waals surface area contributed by atoms with Gasteiger partial charge in [0.25, 0.3) is 0 Å². The Bertz CT molecular complexity index is 424. The van der Waals surface area contributed by atoms with Gasteiger partial charge in [-0.05, 0) is 43.1 Å². The van der Waals surface area contributed by atoms with Gasteiger partial charge in [-0.25, -0.2) is 0 Å². The number of carbonyl (C=O) groups is 1. The summed E-state index contributed by atoms with van der Waals surface area (Å²) >= 11 is 0. The lowest BCUT2D eigenvalue weighted by molar-refractivity contribution is -0.117. The highest BCUT2D eigenvalue weighted by molar-refractivity contribution is 5.93. The Morgan fingerprint density at radius 1 is 1.17 bits per heavy atom. The Morgan fingerprint density at radius 3 is 2.17 bits per heavy atom. The fourth-order valence-electron chi connectivity index (χ4n) is 2.12. The van der Waals surface area contributed by atoms with Crippen LogP contribution < -0.4 is 5.32 Å². The molecule has 0 aromatic carbocycles. The molecule has 0 bridgehead atoms. The minimum Gasteiger partial charge on any atom is -0.381 e. The third kappa shape index (κ3) is 11.2. The van der Waals surface area contributed by atoms with E-state index in [-0.39, 0.29) is 5.91 Å². The van der Waals surface area contributed by atoms with E-state index in [9.17, 15) is 4.79 Å². The number of rotatable bonds is 6. The number of nitrogens with one attached hydrogen (secondary N) is 1. The van der Waals surface area contributed by atoms with Gasteiger partial charge in [-0.2, -0.15) is 0 Å². The van der Waals surface area contributed by atoms with Crippen LogP contribution in [0.25, 0.3) is 0 Å². The maximum absolute atomic E-state index is 12.0. The number of hydrogen-bond acceptors (Lipinski definition) is 2. The normalized spacial score (nSPS) is 16.7. The molecule has 0 aromatic rings. The summed E-state index contributed by atoms with van der Waals surface area (Å²) in [6, 6.07) is 0. The van der Waals surface area contributed by atoms with E-state index in [0.717, 1.165) is 49.7 Å². The largest absolute Gasteiger partial charge is 0.381 e. The van der Waals surface area contributed by atoms with E-state index in [2.05, 4.69) is 46.5 Å². The van der Waals surface area contributed by atoms with Gasteiger partial charge < -0.3 is 10.1 Å². The highest BCUT2D eigenvalue weighted by atomic mass is 16.5. The zero-order valence-electron chi connectivity index (χ0n) is 16.5. The second kappa shape index (κ2) is 13.0. The molecule has 1 aliphatic heterocycles. The SMILES string of the molecule is C=C/C(=C\C=C(/C)C(=O)NCC1CCOCC1)C(C)C.CC(C)C. The van der Waals surface area contributed by atoms with Crippen molar-refractivity contribution < 1.29 is 9.53 Å². The second-order valence-corrected chi connectivity index (χ2v) is 7.37. The molecule has 0 spiro atoms. The molecule has 1 heterocycles. The minimum atomic E-state index is 0.0138. The molecule has 3 heteroatoms. The number of hydrogen-bond donors (Lipinski definition) is 1. The zero-order chi connectivity index (χ0) is 18.5. The number of allylic oxidation sites excluding steroid dienone is 4. The maximum Gasteiger partial charge on any atom is 0.246 e. The molecule has 1 fully saturated rings. The van der Waals surface area contributed by atoms with Crippen LogP contribution in [0, 0.1) is 17.8 Å². The lowest BCUT2D eigenvalue weighted by Crippen LogP contribution is -2.32. The summed E-state index contributed by atoms with van der Waals surface area (Å²) in [5.74, 6) is 1.82. The third-order valence-electron chi connectivity index (χ3n) is 3.68. The molecule has 0 aromatic heterocycles. The van der Waals surface area contributed by atoms with Gasteiger partial charge in [-0.1, -0.05) is 59.4 Å². The summed E-state index contributed by atoms with van der Waals surface area (Å²) in [6.45, 7) is 18.7. The fraction of sp³-hybridized carbons (Fsp3) is 0.667. The van der Waals surface area contributed by atoms with Crippen molar-refractivity contribution in [3.63, 3.8) is 0 Å². The van der Waals surface area contributed by atoms with Crippen molar-refractivity contribution in [3.05, 3.63) is 36.0 Å². The number of carbonyl (C=O) groups excluding carboxylic acids is 1. The van der Waals surface area contributed by atoms with E-state index < -0.39 is 0 Å². The Balaban J connectivity index is 0.00000118. The van der Waals surface area contributed by atoms with Gasteiger partial charge in [0.05, 0.1) is 0 Å². The number of amides is 1.